The zero-order valence-corrected chi connectivity index (χ0v) is 12.5. The minimum absolute atomic E-state index is 0.167. The second-order valence-electron chi connectivity index (χ2n) is 7.04. The maximum Gasteiger partial charge on any atom is 0.410 e. The number of rotatable bonds is 2. The Bertz CT molecular complexity index is 321. The number of ether oxygens (including phenoxy) is 1. The molecular formula is C15H28N2O2. The average molecular weight is 268 g/mol. The molecule has 0 spiro atoms. The highest BCUT2D eigenvalue weighted by Gasteiger charge is 2.38. The van der Waals surface area contributed by atoms with Crippen LogP contribution in [0.15, 0.2) is 0 Å². The molecule has 4 nitrogen and oxygen atoms in total. The molecule has 1 aliphatic heterocycles. The number of likely N-dealkylation sites (tertiary alicyclic amines) is 1. The average Bonchev–Trinajstić information content (AvgIpc) is 3.12. The fourth-order valence-corrected chi connectivity index (χ4v) is 3.13. The number of nitrogens with two attached hydrogens (primary N) is 1. The molecule has 0 aromatic heterocycles. The van der Waals surface area contributed by atoms with Gasteiger partial charge in [0.25, 0.3) is 0 Å². The lowest BCUT2D eigenvalue weighted by Gasteiger charge is -2.26. The Morgan fingerprint density at radius 3 is 2.37 bits per heavy atom. The summed E-state index contributed by atoms with van der Waals surface area (Å²) in [5.41, 5.74) is 5.51. The van der Waals surface area contributed by atoms with Crippen molar-refractivity contribution in [1.29, 1.82) is 0 Å². The van der Waals surface area contributed by atoms with Crippen molar-refractivity contribution in [3.8, 4) is 0 Å². The number of hydrogen-bond acceptors (Lipinski definition) is 3. The van der Waals surface area contributed by atoms with Crippen molar-refractivity contribution in [3.05, 3.63) is 0 Å². The van der Waals surface area contributed by atoms with Gasteiger partial charge in [-0.25, -0.2) is 4.79 Å². The van der Waals surface area contributed by atoms with Gasteiger partial charge in [0.05, 0.1) is 0 Å². The van der Waals surface area contributed by atoms with Crippen molar-refractivity contribution in [1.82, 2.24) is 4.90 Å². The Balaban J connectivity index is 1.93. The van der Waals surface area contributed by atoms with Crippen molar-refractivity contribution in [2.24, 2.45) is 23.5 Å². The van der Waals surface area contributed by atoms with Gasteiger partial charge in [0, 0.05) is 13.1 Å². The molecule has 1 amide bonds. The van der Waals surface area contributed by atoms with Crippen LogP contribution in [0.3, 0.4) is 0 Å². The first kappa shape index (κ1) is 14.6. The zero-order valence-electron chi connectivity index (χ0n) is 12.5. The highest BCUT2D eigenvalue weighted by Crippen LogP contribution is 2.44. The van der Waals surface area contributed by atoms with Crippen LogP contribution in [0.1, 0.15) is 46.5 Å². The molecule has 19 heavy (non-hydrogen) atoms. The van der Waals surface area contributed by atoms with Gasteiger partial charge in [-0.05, 0) is 70.8 Å². The van der Waals surface area contributed by atoms with E-state index >= 15 is 0 Å². The van der Waals surface area contributed by atoms with Gasteiger partial charge in [0.2, 0.25) is 0 Å². The molecule has 0 aromatic rings. The molecule has 2 N–H and O–H groups in total. The van der Waals surface area contributed by atoms with Crippen LogP contribution in [0, 0.1) is 17.8 Å². The van der Waals surface area contributed by atoms with E-state index in [1.54, 1.807) is 0 Å². The molecule has 1 heterocycles. The van der Waals surface area contributed by atoms with Gasteiger partial charge in [-0.3, -0.25) is 0 Å². The van der Waals surface area contributed by atoms with Gasteiger partial charge in [0.15, 0.2) is 0 Å². The van der Waals surface area contributed by atoms with Crippen LogP contribution >= 0.6 is 0 Å². The molecule has 2 rings (SSSR count). The smallest absolute Gasteiger partial charge is 0.410 e. The predicted octanol–water partition coefficient (Wildman–Crippen LogP) is 2.62. The summed E-state index contributed by atoms with van der Waals surface area (Å²) in [5, 5.41) is 0. The minimum atomic E-state index is -0.410. The van der Waals surface area contributed by atoms with Crippen LogP contribution in [-0.4, -0.2) is 36.2 Å². The Kier molecular flexibility index (Phi) is 4.39. The van der Waals surface area contributed by atoms with Crippen molar-refractivity contribution >= 4 is 6.09 Å². The number of carbonyl (C=O) groups excluding carboxylic acids is 1. The largest absolute Gasteiger partial charge is 0.444 e. The van der Waals surface area contributed by atoms with Gasteiger partial charge in [-0.2, -0.15) is 0 Å². The number of carbonyl (C=O) groups is 1. The molecule has 4 heteroatoms. The second-order valence-corrected chi connectivity index (χ2v) is 7.04. The standard InChI is InChI=1S/C15H28N2O2/c1-15(2,3)19-14(18)17-8-6-12(10-16)13(7-9-17)11-4-5-11/h11-13H,4-10,16H2,1-3H3. The molecule has 2 atom stereocenters. The van der Waals surface area contributed by atoms with E-state index in [2.05, 4.69) is 0 Å². The summed E-state index contributed by atoms with van der Waals surface area (Å²) >= 11 is 0. The number of hydrogen-bond donors (Lipinski definition) is 1. The topological polar surface area (TPSA) is 55.6 Å². The second kappa shape index (κ2) is 5.70. The molecule has 0 bridgehead atoms. The third kappa shape index (κ3) is 4.10. The molecule has 2 fully saturated rings. The summed E-state index contributed by atoms with van der Waals surface area (Å²) in [4.78, 5) is 14.0. The van der Waals surface area contributed by atoms with E-state index in [0.717, 1.165) is 44.3 Å². The Morgan fingerprint density at radius 2 is 1.84 bits per heavy atom. The van der Waals surface area contributed by atoms with E-state index < -0.39 is 5.60 Å². The third-order valence-corrected chi connectivity index (χ3v) is 4.29. The van der Waals surface area contributed by atoms with Gasteiger partial charge in [-0.1, -0.05) is 0 Å². The fraction of sp³-hybridized carbons (Fsp3) is 0.933. The lowest BCUT2D eigenvalue weighted by molar-refractivity contribution is 0.0254. The molecule has 110 valence electrons. The summed E-state index contributed by atoms with van der Waals surface area (Å²) < 4.78 is 5.47. The van der Waals surface area contributed by atoms with Crippen LogP contribution in [0.2, 0.25) is 0 Å². The van der Waals surface area contributed by atoms with Crippen molar-refractivity contribution < 1.29 is 9.53 Å². The first-order valence-corrected chi connectivity index (χ1v) is 7.58. The van der Waals surface area contributed by atoms with Crippen LogP contribution in [0.25, 0.3) is 0 Å². The van der Waals surface area contributed by atoms with Crippen molar-refractivity contribution in [2.45, 2.75) is 52.1 Å². The Hall–Kier alpha value is -0.770. The number of nitrogens with zero attached hydrogens (tertiary/aromatic N) is 1. The van der Waals surface area contributed by atoms with E-state index in [-0.39, 0.29) is 6.09 Å². The van der Waals surface area contributed by atoms with E-state index in [0.29, 0.717) is 5.92 Å². The lowest BCUT2D eigenvalue weighted by atomic mass is 9.84. The van der Waals surface area contributed by atoms with E-state index in [4.69, 9.17) is 10.5 Å². The molecule has 1 saturated heterocycles. The number of amides is 1. The molecular weight excluding hydrogens is 240 g/mol. The highest BCUT2D eigenvalue weighted by atomic mass is 16.6. The summed E-state index contributed by atoms with van der Waals surface area (Å²) in [6, 6.07) is 0. The summed E-state index contributed by atoms with van der Waals surface area (Å²) in [6.45, 7) is 8.12. The highest BCUT2D eigenvalue weighted by molar-refractivity contribution is 5.68. The van der Waals surface area contributed by atoms with Crippen LogP contribution in [-0.2, 0) is 4.74 Å². The van der Waals surface area contributed by atoms with E-state index in [1.165, 1.54) is 12.8 Å². The SMILES string of the molecule is CC(C)(C)OC(=O)N1CCC(CN)C(C2CC2)CC1. The lowest BCUT2D eigenvalue weighted by Crippen LogP contribution is -2.37. The predicted molar refractivity (Wildman–Crippen MR) is 75.8 cm³/mol. The minimum Gasteiger partial charge on any atom is -0.444 e. The Morgan fingerprint density at radius 1 is 1.21 bits per heavy atom. The summed E-state index contributed by atoms with van der Waals surface area (Å²) in [5.74, 6) is 2.17. The molecule has 1 saturated carbocycles. The molecule has 1 aliphatic carbocycles. The molecule has 2 aliphatic rings. The molecule has 0 radical (unpaired) electrons. The van der Waals surface area contributed by atoms with Gasteiger partial charge >= 0.3 is 6.09 Å². The van der Waals surface area contributed by atoms with Crippen LogP contribution in [0.4, 0.5) is 4.79 Å². The normalized spacial score (nSPS) is 28.9. The maximum absolute atomic E-state index is 12.1. The maximum atomic E-state index is 12.1. The van der Waals surface area contributed by atoms with Crippen LogP contribution in [0.5, 0.6) is 0 Å². The van der Waals surface area contributed by atoms with Crippen LogP contribution < -0.4 is 5.73 Å². The van der Waals surface area contributed by atoms with Gasteiger partial charge in [-0.15, -0.1) is 0 Å². The molecule has 2 unspecified atom stereocenters. The monoisotopic (exact) mass is 268 g/mol. The van der Waals surface area contributed by atoms with Gasteiger partial charge < -0.3 is 15.4 Å². The summed E-state index contributed by atoms with van der Waals surface area (Å²) in [6.07, 6.45) is 4.66. The summed E-state index contributed by atoms with van der Waals surface area (Å²) in [7, 11) is 0. The third-order valence-electron chi connectivity index (χ3n) is 4.29. The van der Waals surface area contributed by atoms with E-state index in [1.807, 2.05) is 25.7 Å². The first-order chi connectivity index (χ1) is 8.90. The zero-order chi connectivity index (χ0) is 14.0. The molecule has 0 aromatic carbocycles. The Labute approximate surface area is 116 Å². The fourth-order valence-electron chi connectivity index (χ4n) is 3.13. The van der Waals surface area contributed by atoms with E-state index in [9.17, 15) is 4.79 Å². The quantitative estimate of drug-likeness (QED) is 0.837. The van der Waals surface area contributed by atoms with Crippen molar-refractivity contribution in [3.63, 3.8) is 0 Å². The van der Waals surface area contributed by atoms with Gasteiger partial charge in [0.1, 0.15) is 5.60 Å². The first-order valence-electron chi connectivity index (χ1n) is 7.58. The van der Waals surface area contributed by atoms with Crippen molar-refractivity contribution in [2.75, 3.05) is 19.6 Å².